The molecule has 8 atom stereocenters. The molecule has 0 spiro atoms. The van der Waals surface area contributed by atoms with Gasteiger partial charge in [-0.05, 0) is 50.5 Å². The minimum atomic E-state index is -1.90. The van der Waals surface area contributed by atoms with Crippen LogP contribution in [0.15, 0.2) is 11.6 Å². The van der Waals surface area contributed by atoms with Gasteiger partial charge in [0.05, 0.1) is 6.10 Å². The zero-order chi connectivity index (χ0) is 20.7. The second-order valence-electron chi connectivity index (χ2n) is 10.1. The minimum Gasteiger partial charge on any atom is -0.390 e. The summed E-state index contributed by atoms with van der Waals surface area (Å²) in [6, 6.07) is 0. The number of aliphatic hydroxyl groups is 3. The third-order valence-electron chi connectivity index (χ3n) is 9.11. The molecule has 4 rings (SSSR count). The average molecular weight is 394 g/mol. The molecule has 4 aliphatic rings. The second-order valence-corrected chi connectivity index (χ2v) is 10.1. The highest BCUT2D eigenvalue weighted by Gasteiger charge is 2.74. The lowest BCUT2D eigenvalue weighted by atomic mass is 9.43. The van der Waals surface area contributed by atoms with E-state index in [-0.39, 0.29) is 30.5 Å². The molecule has 6 heteroatoms. The molecule has 0 aromatic heterocycles. The lowest BCUT2D eigenvalue weighted by Gasteiger charge is -2.63. The predicted octanol–water partition coefficient (Wildman–Crippen LogP) is 2.12. The Bertz CT molecular complexity index is 764. The van der Waals surface area contributed by atoms with Gasteiger partial charge in [-0.1, -0.05) is 26.3 Å². The maximum Gasteiger partial charge on any atom is 0.190 e. The topological polar surface area (TPSA) is 94.8 Å². The van der Waals surface area contributed by atoms with E-state index in [1.54, 1.807) is 19.9 Å². The Hall–Kier alpha value is -1.11. The third-order valence-corrected chi connectivity index (χ3v) is 9.11. The van der Waals surface area contributed by atoms with Crippen molar-refractivity contribution >= 4 is 11.6 Å². The normalized spacial score (nSPS) is 53.1. The molecule has 0 aliphatic heterocycles. The van der Waals surface area contributed by atoms with Crippen molar-refractivity contribution < 1.29 is 29.3 Å². The van der Waals surface area contributed by atoms with Crippen LogP contribution in [-0.2, 0) is 9.59 Å². The lowest BCUT2D eigenvalue weighted by Crippen LogP contribution is -2.69. The Kier molecular flexibility index (Phi) is 4.29. The predicted molar refractivity (Wildman–Crippen MR) is 100 cm³/mol. The number of fused-ring (bicyclic) bond motifs is 5. The van der Waals surface area contributed by atoms with Gasteiger partial charge in [0.25, 0.3) is 0 Å². The number of Topliss-reactive ketones (excluding diaryl/α,β-unsaturated/α-hetero) is 1. The van der Waals surface area contributed by atoms with Crippen molar-refractivity contribution in [1.82, 2.24) is 0 Å². The number of allylic oxidation sites excluding steroid dienone is 1. The van der Waals surface area contributed by atoms with E-state index in [0.29, 0.717) is 25.7 Å². The van der Waals surface area contributed by atoms with Crippen molar-refractivity contribution in [2.75, 3.05) is 6.61 Å². The molecule has 3 saturated carbocycles. The van der Waals surface area contributed by atoms with Gasteiger partial charge >= 0.3 is 0 Å². The van der Waals surface area contributed by atoms with Gasteiger partial charge in [-0.2, -0.15) is 0 Å². The first kappa shape index (κ1) is 20.2. The molecular weight excluding hydrogens is 363 g/mol. The van der Waals surface area contributed by atoms with Crippen LogP contribution in [0.3, 0.4) is 0 Å². The van der Waals surface area contributed by atoms with Gasteiger partial charge in [-0.25, -0.2) is 4.39 Å². The van der Waals surface area contributed by atoms with Crippen LogP contribution in [0.2, 0.25) is 0 Å². The van der Waals surface area contributed by atoms with Gasteiger partial charge in [-0.3, -0.25) is 9.59 Å². The fourth-order valence-corrected chi connectivity index (χ4v) is 7.49. The first-order valence-electron chi connectivity index (χ1n) is 10.4. The summed E-state index contributed by atoms with van der Waals surface area (Å²) in [7, 11) is 0. The highest BCUT2D eigenvalue weighted by molar-refractivity contribution is 5.93. The standard InChI is InChI=1S/C22H31FO5/c1-12-9-19(2)13(8-16(12)25)4-5-15-14-6-7-21(28,18(27)11-24)20(14,3)10-17(26)22(15,19)23/h8,12,14-15,17,24,26,28H,4-7,9-11H2,1-3H3/t12-,14+,15-,17-,19-,20+,21+,22+/m1/s1. The summed E-state index contributed by atoms with van der Waals surface area (Å²) in [6.45, 7) is 4.65. The summed E-state index contributed by atoms with van der Waals surface area (Å²) in [6.07, 6.45) is 2.34. The maximum atomic E-state index is 17.0. The van der Waals surface area contributed by atoms with E-state index >= 15 is 4.39 Å². The van der Waals surface area contributed by atoms with E-state index in [2.05, 4.69) is 0 Å². The molecule has 5 nitrogen and oxygen atoms in total. The van der Waals surface area contributed by atoms with Gasteiger partial charge < -0.3 is 15.3 Å². The monoisotopic (exact) mass is 394 g/mol. The molecule has 3 fully saturated rings. The van der Waals surface area contributed by atoms with Crippen molar-refractivity contribution in [2.45, 2.75) is 76.7 Å². The molecule has 0 saturated heterocycles. The Morgan fingerprint density at radius 2 is 1.93 bits per heavy atom. The summed E-state index contributed by atoms with van der Waals surface area (Å²) in [5.41, 5.74) is -4.74. The number of hydrogen-bond donors (Lipinski definition) is 3. The SMILES string of the molecule is C[C@@H]1C[C@]2(C)C(=CC1=O)CC[C@@H]1[C@@H]3CC[C@](O)(C(=O)CO)[C@@]3(C)C[C@@H](O)[C@@]12F. The summed E-state index contributed by atoms with van der Waals surface area (Å²) < 4.78 is 17.0. The number of ketones is 2. The summed E-state index contributed by atoms with van der Waals surface area (Å²) in [5, 5.41) is 31.7. The number of carbonyl (C=O) groups is 2. The van der Waals surface area contributed by atoms with Crippen LogP contribution in [-0.4, -0.2) is 50.9 Å². The van der Waals surface area contributed by atoms with Crippen molar-refractivity contribution in [3.63, 3.8) is 0 Å². The fourth-order valence-electron chi connectivity index (χ4n) is 7.49. The molecular formula is C22H31FO5. The summed E-state index contributed by atoms with van der Waals surface area (Å²) in [4.78, 5) is 24.6. The van der Waals surface area contributed by atoms with Crippen molar-refractivity contribution in [3.05, 3.63) is 11.6 Å². The van der Waals surface area contributed by atoms with Gasteiger partial charge in [-0.15, -0.1) is 0 Å². The van der Waals surface area contributed by atoms with E-state index in [4.69, 9.17) is 0 Å². The highest BCUT2D eigenvalue weighted by Crippen LogP contribution is 2.70. The molecule has 0 heterocycles. The number of halogens is 1. The maximum absolute atomic E-state index is 17.0. The van der Waals surface area contributed by atoms with Gasteiger partial charge in [0.1, 0.15) is 17.9 Å². The molecule has 156 valence electrons. The Morgan fingerprint density at radius 3 is 2.57 bits per heavy atom. The van der Waals surface area contributed by atoms with E-state index in [0.717, 1.165) is 5.57 Å². The van der Waals surface area contributed by atoms with Crippen LogP contribution >= 0.6 is 0 Å². The smallest absolute Gasteiger partial charge is 0.190 e. The minimum absolute atomic E-state index is 0.0217. The molecule has 4 aliphatic carbocycles. The second kappa shape index (κ2) is 5.96. The number of hydrogen-bond acceptors (Lipinski definition) is 5. The molecule has 0 radical (unpaired) electrons. The van der Waals surface area contributed by atoms with Crippen LogP contribution < -0.4 is 0 Å². The summed E-state index contributed by atoms with van der Waals surface area (Å²) in [5.74, 6) is -1.67. The first-order valence-corrected chi connectivity index (χ1v) is 10.4. The number of carbonyl (C=O) groups excluding carboxylic acids is 2. The van der Waals surface area contributed by atoms with E-state index in [9.17, 15) is 24.9 Å². The van der Waals surface area contributed by atoms with Crippen LogP contribution in [0.5, 0.6) is 0 Å². The van der Waals surface area contributed by atoms with E-state index in [1.807, 2.05) is 6.92 Å². The number of alkyl halides is 1. The molecule has 0 bridgehead atoms. The fraction of sp³-hybridized carbons (Fsp3) is 0.818. The Morgan fingerprint density at radius 1 is 1.25 bits per heavy atom. The molecule has 0 amide bonds. The highest BCUT2D eigenvalue weighted by atomic mass is 19.1. The molecule has 0 aromatic carbocycles. The van der Waals surface area contributed by atoms with Gasteiger partial charge in [0, 0.05) is 22.7 Å². The Labute approximate surface area is 165 Å². The van der Waals surface area contributed by atoms with Crippen LogP contribution in [0, 0.1) is 28.6 Å². The van der Waals surface area contributed by atoms with Crippen molar-refractivity contribution in [2.24, 2.45) is 28.6 Å². The zero-order valence-corrected chi connectivity index (χ0v) is 16.9. The van der Waals surface area contributed by atoms with Crippen LogP contribution in [0.4, 0.5) is 4.39 Å². The van der Waals surface area contributed by atoms with E-state index < -0.39 is 46.5 Å². The van der Waals surface area contributed by atoms with Gasteiger partial charge in [0.15, 0.2) is 11.6 Å². The number of aliphatic hydroxyl groups excluding tert-OH is 2. The first-order chi connectivity index (χ1) is 13.0. The zero-order valence-electron chi connectivity index (χ0n) is 16.9. The van der Waals surface area contributed by atoms with Crippen LogP contribution in [0.1, 0.15) is 59.3 Å². The molecule has 28 heavy (non-hydrogen) atoms. The van der Waals surface area contributed by atoms with Crippen LogP contribution in [0.25, 0.3) is 0 Å². The van der Waals surface area contributed by atoms with Gasteiger partial charge in [0.2, 0.25) is 0 Å². The third kappa shape index (κ3) is 2.12. The number of rotatable bonds is 2. The largest absolute Gasteiger partial charge is 0.390 e. The van der Waals surface area contributed by atoms with Crippen molar-refractivity contribution in [1.29, 1.82) is 0 Å². The average Bonchev–Trinajstić information content (AvgIpc) is 2.89. The molecule has 0 unspecified atom stereocenters. The van der Waals surface area contributed by atoms with Crippen molar-refractivity contribution in [3.8, 4) is 0 Å². The quantitative estimate of drug-likeness (QED) is 0.667. The molecule has 3 N–H and O–H groups in total. The Balaban J connectivity index is 1.80. The lowest BCUT2D eigenvalue weighted by molar-refractivity contribution is -0.228. The molecule has 0 aromatic rings. The van der Waals surface area contributed by atoms with E-state index in [1.165, 1.54) is 0 Å². The summed E-state index contributed by atoms with van der Waals surface area (Å²) >= 11 is 0.